The smallest absolute Gasteiger partial charge is 0.138 e. The SMILES string of the molecule is CCc1ncc2n1CCCC2C(C)=O. The lowest BCUT2D eigenvalue weighted by atomic mass is 9.93. The van der Waals surface area contributed by atoms with Gasteiger partial charge in [0.2, 0.25) is 0 Å². The fourth-order valence-electron chi connectivity index (χ4n) is 2.26. The molecule has 14 heavy (non-hydrogen) atoms. The standard InChI is InChI=1S/C11H16N2O/c1-3-11-12-7-10-9(8(2)14)5-4-6-13(10)11/h7,9H,3-6H2,1-2H3. The predicted octanol–water partition coefficient (Wildman–Crippen LogP) is 1.91. The fraction of sp³-hybridized carbons (Fsp3) is 0.636. The van der Waals surface area contributed by atoms with E-state index < -0.39 is 0 Å². The molecule has 2 rings (SSSR count). The highest BCUT2D eigenvalue weighted by molar-refractivity contribution is 5.83. The average Bonchev–Trinajstić information content (AvgIpc) is 2.59. The van der Waals surface area contributed by atoms with Crippen molar-refractivity contribution < 1.29 is 4.79 Å². The molecule has 1 aliphatic rings. The van der Waals surface area contributed by atoms with E-state index in [1.54, 1.807) is 6.92 Å². The molecule has 0 saturated carbocycles. The van der Waals surface area contributed by atoms with Crippen LogP contribution in [-0.4, -0.2) is 15.3 Å². The minimum absolute atomic E-state index is 0.0940. The van der Waals surface area contributed by atoms with Crippen LogP contribution in [0.5, 0.6) is 0 Å². The molecule has 0 saturated heterocycles. The van der Waals surface area contributed by atoms with E-state index in [1.165, 1.54) is 0 Å². The predicted molar refractivity (Wildman–Crippen MR) is 54.3 cm³/mol. The number of aryl methyl sites for hydroxylation is 1. The second-order valence-corrected chi connectivity index (χ2v) is 3.91. The van der Waals surface area contributed by atoms with Gasteiger partial charge >= 0.3 is 0 Å². The zero-order valence-electron chi connectivity index (χ0n) is 8.79. The van der Waals surface area contributed by atoms with Crippen LogP contribution < -0.4 is 0 Å². The highest BCUT2D eigenvalue weighted by Gasteiger charge is 2.25. The van der Waals surface area contributed by atoms with Gasteiger partial charge in [-0.1, -0.05) is 6.92 Å². The summed E-state index contributed by atoms with van der Waals surface area (Å²) in [5.74, 6) is 1.48. The molecular formula is C11H16N2O. The first-order chi connectivity index (χ1) is 6.74. The minimum atomic E-state index is 0.0940. The number of carbonyl (C=O) groups is 1. The molecule has 0 bridgehead atoms. The molecule has 0 N–H and O–H groups in total. The van der Waals surface area contributed by atoms with Crippen molar-refractivity contribution in [2.45, 2.75) is 45.6 Å². The van der Waals surface area contributed by atoms with E-state index in [0.717, 1.165) is 37.3 Å². The maximum absolute atomic E-state index is 11.4. The molecule has 0 aliphatic carbocycles. The number of hydrogen-bond acceptors (Lipinski definition) is 2. The molecule has 1 aromatic heterocycles. The number of carbonyl (C=O) groups excluding carboxylic acids is 1. The normalized spacial score (nSPS) is 20.6. The third-order valence-electron chi connectivity index (χ3n) is 3.01. The third kappa shape index (κ3) is 1.37. The van der Waals surface area contributed by atoms with E-state index in [9.17, 15) is 4.79 Å². The van der Waals surface area contributed by atoms with Crippen LogP contribution in [0.15, 0.2) is 6.20 Å². The Morgan fingerprint density at radius 3 is 3.14 bits per heavy atom. The Bertz CT molecular complexity index is 354. The maximum Gasteiger partial charge on any atom is 0.138 e. The zero-order chi connectivity index (χ0) is 10.1. The van der Waals surface area contributed by atoms with Gasteiger partial charge in [-0.3, -0.25) is 4.79 Å². The molecular weight excluding hydrogens is 176 g/mol. The summed E-state index contributed by atoms with van der Waals surface area (Å²) in [5, 5.41) is 0. The van der Waals surface area contributed by atoms with E-state index in [0.29, 0.717) is 0 Å². The van der Waals surface area contributed by atoms with E-state index in [-0.39, 0.29) is 11.7 Å². The number of hydrogen-bond donors (Lipinski definition) is 0. The average molecular weight is 192 g/mol. The molecule has 76 valence electrons. The van der Waals surface area contributed by atoms with Crippen LogP contribution in [0.1, 0.15) is 44.1 Å². The Labute approximate surface area is 84.1 Å². The first-order valence-electron chi connectivity index (χ1n) is 5.28. The Morgan fingerprint density at radius 2 is 2.50 bits per heavy atom. The van der Waals surface area contributed by atoms with E-state index in [4.69, 9.17) is 0 Å². The molecule has 1 aliphatic heterocycles. The molecule has 2 heterocycles. The molecule has 0 radical (unpaired) electrons. The number of aromatic nitrogens is 2. The van der Waals surface area contributed by atoms with Crippen LogP contribution in [-0.2, 0) is 17.8 Å². The molecule has 0 aromatic carbocycles. The number of ketones is 1. The Balaban J connectivity index is 2.40. The minimum Gasteiger partial charge on any atom is -0.331 e. The summed E-state index contributed by atoms with van der Waals surface area (Å²) >= 11 is 0. The number of fused-ring (bicyclic) bond motifs is 1. The second-order valence-electron chi connectivity index (χ2n) is 3.91. The quantitative estimate of drug-likeness (QED) is 0.717. The van der Waals surface area contributed by atoms with Crippen LogP contribution in [0.4, 0.5) is 0 Å². The third-order valence-corrected chi connectivity index (χ3v) is 3.01. The summed E-state index contributed by atoms with van der Waals surface area (Å²) in [6, 6.07) is 0. The van der Waals surface area contributed by atoms with Gasteiger partial charge < -0.3 is 4.57 Å². The molecule has 1 unspecified atom stereocenters. The van der Waals surface area contributed by atoms with Gasteiger partial charge in [0.05, 0.1) is 5.92 Å². The van der Waals surface area contributed by atoms with Gasteiger partial charge in [0, 0.05) is 24.9 Å². The van der Waals surface area contributed by atoms with Crippen LogP contribution in [0, 0.1) is 0 Å². The van der Waals surface area contributed by atoms with Crippen LogP contribution in [0.3, 0.4) is 0 Å². The summed E-state index contributed by atoms with van der Waals surface area (Å²) in [6.45, 7) is 4.81. The lowest BCUT2D eigenvalue weighted by molar-refractivity contribution is -0.118. The van der Waals surface area contributed by atoms with Gasteiger partial charge in [-0.2, -0.15) is 0 Å². The number of imidazole rings is 1. The molecule has 3 nitrogen and oxygen atoms in total. The lowest BCUT2D eigenvalue weighted by Gasteiger charge is -2.23. The van der Waals surface area contributed by atoms with Crippen molar-refractivity contribution >= 4 is 5.78 Å². The van der Waals surface area contributed by atoms with E-state index >= 15 is 0 Å². The van der Waals surface area contributed by atoms with Crippen molar-refractivity contribution in [2.24, 2.45) is 0 Å². The Kier molecular flexibility index (Phi) is 2.40. The van der Waals surface area contributed by atoms with Gasteiger partial charge in [-0.25, -0.2) is 4.98 Å². The summed E-state index contributed by atoms with van der Waals surface area (Å²) < 4.78 is 2.22. The van der Waals surface area contributed by atoms with Crippen LogP contribution in [0.25, 0.3) is 0 Å². The van der Waals surface area contributed by atoms with Crippen molar-refractivity contribution in [2.75, 3.05) is 0 Å². The molecule has 1 aromatic rings. The highest BCUT2D eigenvalue weighted by atomic mass is 16.1. The lowest BCUT2D eigenvalue weighted by Crippen LogP contribution is -2.21. The molecule has 0 spiro atoms. The highest BCUT2D eigenvalue weighted by Crippen LogP contribution is 2.28. The number of nitrogens with zero attached hydrogens (tertiary/aromatic N) is 2. The van der Waals surface area contributed by atoms with Gasteiger partial charge in [-0.15, -0.1) is 0 Å². The first kappa shape index (κ1) is 9.44. The van der Waals surface area contributed by atoms with E-state index in [1.807, 2.05) is 6.20 Å². The van der Waals surface area contributed by atoms with Crippen molar-refractivity contribution in [3.8, 4) is 0 Å². The maximum atomic E-state index is 11.4. The van der Waals surface area contributed by atoms with Crippen molar-refractivity contribution in [3.05, 3.63) is 17.7 Å². The molecule has 3 heteroatoms. The van der Waals surface area contributed by atoms with Gasteiger partial charge in [0.15, 0.2) is 0 Å². The first-order valence-corrected chi connectivity index (χ1v) is 5.28. The zero-order valence-corrected chi connectivity index (χ0v) is 8.79. The number of rotatable bonds is 2. The number of Topliss-reactive ketones (excluding diaryl/α,β-unsaturated/α-hetero) is 1. The van der Waals surface area contributed by atoms with Gasteiger partial charge in [0.1, 0.15) is 11.6 Å². The summed E-state index contributed by atoms with van der Waals surface area (Å²) in [6.07, 6.45) is 4.92. The Morgan fingerprint density at radius 1 is 1.71 bits per heavy atom. The molecule has 1 atom stereocenters. The van der Waals surface area contributed by atoms with Gasteiger partial charge in [-0.05, 0) is 19.8 Å². The van der Waals surface area contributed by atoms with Crippen molar-refractivity contribution in [1.29, 1.82) is 0 Å². The summed E-state index contributed by atoms with van der Waals surface area (Å²) in [5.41, 5.74) is 1.13. The second kappa shape index (κ2) is 3.56. The topological polar surface area (TPSA) is 34.9 Å². The van der Waals surface area contributed by atoms with Crippen LogP contribution >= 0.6 is 0 Å². The summed E-state index contributed by atoms with van der Waals surface area (Å²) in [4.78, 5) is 15.8. The van der Waals surface area contributed by atoms with Crippen molar-refractivity contribution in [1.82, 2.24) is 9.55 Å². The largest absolute Gasteiger partial charge is 0.331 e. The molecule has 0 amide bonds. The fourth-order valence-corrected chi connectivity index (χ4v) is 2.26. The molecule has 0 fully saturated rings. The summed E-state index contributed by atoms with van der Waals surface area (Å²) in [7, 11) is 0. The van der Waals surface area contributed by atoms with Gasteiger partial charge in [0.25, 0.3) is 0 Å². The van der Waals surface area contributed by atoms with Crippen molar-refractivity contribution in [3.63, 3.8) is 0 Å². The van der Waals surface area contributed by atoms with Crippen LogP contribution in [0.2, 0.25) is 0 Å². The van der Waals surface area contributed by atoms with E-state index in [2.05, 4.69) is 16.5 Å². The monoisotopic (exact) mass is 192 g/mol. The Hall–Kier alpha value is -1.12.